The Kier molecular flexibility index (Phi) is 11.3. The van der Waals surface area contributed by atoms with E-state index in [0.717, 1.165) is 36.2 Å². The number of sulfonamides is 1. The Bertz CT molecular complexity index is 2910. The normalized spacial score (nSPS) is 13.3. The number of nitrogens with zero attached hydrogens (tertiary/aromatic N) is 9. The fourth-order valence-corrected chi connectivity index (χ4v) is 8.50. The number of carbonyl (C=O) groups excluding carboxylic acids is 1. The van der Waals surface area contributed by atoms with E-state index in [4.69, 9.17) is 26.2 Å². The lowest BCUT2D eigenvalue weighted by molar-refractivity contribution is 0.0459. The molecule has 0 radical (unpaired) electrons. The molecule has 0 saturated carbocycles. The number of fused-ring (bicyclic) bond motifs is 2. The first-order valence-electron chi connectivity index (χ1n) is 19.6. The number of imidazole rings is 2. The van der Waals surface area contributed by atoms with E-state index < -0.39 is 10.0 Å². The van der Waals surface area contributed by atoms with Crippen molar-refractivity contribution in [3.8, 4) is 34.2 Å². The zero-order chi connectivity index (χ0) is 41.8. The molecule has 9 rings (SSSR count). The first kappa shape index (κ1) is 39.8. The maximum atomic E-state index is 13.0. The molecule has 1 aliphatic heterocycles. The summed E-state index contributed by atoms with van der Waals surface area (Å²) in [6.07, 6.45) is 9.57. The highest BCUT2D eigenvalue weighted by atomic mass is 32.2. The van der Waals surface area contributed by atoms with Gasteiger partial charge in [0, 0.05) is 49.3 Å². The molecule has 0 atom stereocenters. The number of aromatic nitrogens is 8. The highest BCUT2D eigenvalue weighted by Crippen LogP contribution is 2.32. The summed E-state index contributed by atoms with van der Waals surface area (Å²) < 4.78 is 36.7. The van der Waals surface area contributed by atoms with Crippen LogP contribution in [0.1, 0.15) is 43.5 Å². The lowest BCUT2D eigenvalue weighted by Gasteiger charge is -2.25. The number of pyridine rings is 4. The van der Waals surface area contributed by atoms with Gasteiger partial charge in [-0.1, -0.05) is 20.3 Å². The van der Waals surface area contributed by atoms with Crippen LogP contribution in [-0.2, 0) is 14.8 Å². The van der Waals surface area contributed by atoms with Crippen molar-refractivity contribution in [2.45, 2.75) is 38.0 Å². The second kappa shape index (κ2) is 17.1. The molecular weight excluding hydrogens is 779 g/mol. The Morgan fingerprint density at radius 2 is 1.12 bits per heavy atom. The molecule has 1 aliphatic rings. The molecule has 1 fully saturated rings. The minimum absolute atomic E-state index is 0.286. The molecule has 60 heavy (non-hydrogen) atoms. The highest BCUT2D eigenvalue weighted by molar-refractivity contribution is 7.89. The highest BCUT2D eigenvalue weighted by Gasteiger charge is 2.26. The predicted molar refractivity (Wildman–Crippen MR) is 231 cm³/mol. The van der Waals surface area contributed by atoms with E-state index in [9.17, 15) is 13.2 Å². The first-order valence-corrected chi connectivity index (χ1v) is 21.0. The second-order valence-corrected chi connectivity index (χ2v) is 16.5. The molecule has 1 saturated heterocycles. The quantitative estimate of drug-likeness (QED) is 0.140. The van der Waals surface area contributed by atoms with Gasteiger partial charge in [0.05, 0.1) is 28.2 Å². The van der Waals surface area contributed by atoms with Gasteiger partial charge in [0.15, 0.2) is 22.9 Å². The molecule has 6 aromatic heterocycles. The van der Waals surface area contributed by atoms with Gasteiger partial charge in [-0.05, 0) is 116 Å². The molecular formula is C44H43N11O4S. The number of anilines is 2. The summed E-state index contributed by atoms with van der Waals surface area (Å²) in [7, 11) is -3.50. The Hall–Kier alpha value is -7.04. The number of piperidine rings is 1. The van der Waals surface area contributed by atoms with Gasteiger partial charge in [0.25, 0.3) is 0 Å². The number of rotatable bonds is 9. The zero-order valence-corrected chi connectivity index (χ0v) is 33.9. The van der Waals surface area contributed by atoms with Crippen LogP contribution in [-0.4, -0.2) is 77.4 Å². The van der Waals surface area contributed by atoms with Gasteiger partial charge in [-0.15, -0.1) is 0 Å². The summed E-state index contributed by atoms with van der Waals surface area (Å²) in [5.74, 6) is 1.94. The Balaban J connectivity index is 0.000000167. The predicted octanol–water partition coefficient (Wildman–Crippen LogP) is 7.12. The maximum absolute atomic E-state index is 13.0. The van der Waals surface area contributed by atoms with Gasteiger partial charge >= 0.3 is 5.97 Å². The number of ether oxygens (including phenoxy) is 1. The van der Waals surface area contributed by atoms with E-state index >= 15 is 0 Å². The van der Waals surface area contributed by atoms with Crippen LogP contribution in [0.4, 0.5) is 11.6 Å². The molecule has 4 N–H and O–H groups in total. The van der Waals surface area contributed by atoms with Crippen molar-refractivity contribution >= 4 is 50.0 Å². The van der Waals surface area contributed by atoms with E-state index in [2.05, 4.69) is 19.9 Å². The van der Waals surface area contributed by atoms with Crippen LogP contribution < -0.4 is 11.5 Å². The minimum Gasteiger partial charge on any atom is -0.462 e. The molecule has 0 aliphatic carbocycles. The summed E-state index contributed by atoms with van der Waals surface area (Å²) in [6, 6.07) is 28.8. The summed E-state index contributed by atoms with van der Waals surface area (Å²) >= 11 is 0. The standard InChI is InChI=1S/C22H22N6O2S.C22H21N5O2/c23-20-18(6-4-12-24-20)21-26-19-7-5-13-25-22(19)28(21)16-8-10-17(11-9-16)31(29,30)27-14-2-1-3-15-27;1-14(2)13-29-22(28)15-7-9-16(10-8-15)27-20(17-5-3-11-24-19(17)23)26-18-6-4-12-25-21(18)27/h4-13H,1-3,14-15H2,(H2,23,24);3-12,14H,13H2,1-2H3,(H2,23,24). The van der Waals surface area contributed by atoms with Gasteiger partial charge in [0.2, 0.25) is 10.0 Å². The molecule has 16 heteroatoms. The Labute approximate surface area is 346 Å². The molecule has 0 amide bonds. The third-order valence-corrected chi connectivity index (χ3v) is 11.9. The summed E-state index contributed by atoms with van der Waals surface area (Å²) in [4.78, 5) is 39.3. The molecule has 0 spiro atoms. The molecule has 15 nitrogen and oxygen atoms in total. The first-order chi connectivity index (χ1) is 29.1. The Morgan fingerprint density at radius 1 is 0.650 bits per heavy atom. The third kappa shape index (κ3) is 8.02. The minimum atomic E-state index is -3.50. The van der Waals surface area contributed by atoms with Crippen molar-refractivity contribution in [3.63, 3.8) is 0 Å². The molecule has 0 unspecified atom stereocenters. The van der Waals surface area contributed by atoms with Gasteiger partial charge in [-0.25, -0.2) is 43.1 Å². The fraction of sp³-hybridized carbons (Fsp3) is 0.205. The maximum Gasteiger partial charge on any atom is 0.338 e. The number of nitrogens with two attached hydrogens (primary N) is 2. The fourth-order valence-electron chi connectivity index (χ4n) is 6.98. The smallest absolute Gasteiger partial charge is 0.338 e. The van der Waals surface area contributed by atoms with Crippen LogP contribution in [0.5, 0.6) is 0 Å². The second-order valence-electron chi connectivity index (χ2n) is 14.6. The van der Waals surface area contributed by atoms with E-state index in [1.807, 2.05) is 77.6 Å². The molecule has 8 aromatic rings. The van der Waals surface area contributed by atoms with Crippen LogP contribution in [0.25, 0.3) is 56.5 Å². The van der Waals surface area contributed by atoms with Crippen molar-refractivity contribution < 1.29 is 17.9 Å². The monoisotopic (exact) mass is 821 g/mol. The van der Waals surface area contributed by atoms with Crippen LogP contribution in [0.15, 0.2) is 127 Å². The van der Waals surface area contributed by atoms with Crippen molar-refractivity contribution in [1.29, 1.82) is 0 Å². The molecule has 304 valence electrons. The van der Waals surface area contributed by atoms with Gasteiger partial charge in [0.1, 0.15) is 22.7 Å². The van der Waals surface area contributed by atoms with Gasteiger partial charge < -0.3 is 16.2 Å². The lowest BCUT2D eigenvalue weighted by Crippen LogP contribution is -2.35. The van der Waals surface area contributed by atoms with Crippen molar-refractivity contribution in [2.75, 3.05) is 31.2 Å². The van der Waals surface area contributed by atoms with Crippen molar-refractivity contribution in [3.05, 3.63) is 127 Å². The lowest BCUT2D eigenvalue weighted by atomic mass is 10.2. The van der Waals surface area contributed by atoms with Crippen molar-refractivity contribution in [2.24, 2.45) is 5.92 Å². The summed E-state index contributed by atoms with van der Waals surface area (Å²) in [6.45, 7) is 5.54. The number of hydrogen-bond donors (Lipinski definition) is 2. The molecule has 2 aromatic carbocycles. The Morgan fingerprint density at radius 3 is 1.60 bits per heavy atom. The van der Waals surface area contributed by atoms with E-state index in [1.165, 1.54) is 0 Å². The molecule has 0 bridgehead atoms. The van der Waals surface area contributed by atoms with Crippen LogP contribution in [0.3, 0.4) is 0 Å². The number of nitrogen functional groups attached to an aromatic ring is 2. The van der Waals surface area contributed by atoms with Crippen LogP contribution >= 0.6 is 0 Å². The summed E-state index contributed by atoms with van der Waals surface area (Å²) in [5, 5.41) is 0. The third-order valence-electron chi connectivity index (χ3n) is 9.95. The summed E-state index contributed by atoms with van der Waals surface area (Å²) in [5.41, 5.74) is 18.5. The SMILES string of the molecule is CC(C)COC(=O)c1ccc(-n2c(-c3cccnc3N)nc3cccnc32)cc1.Nc1ncccc1-c1nc2cccnc2n1-c1ccc(S(=O)(=O)N2CCCCC2)cc1. The largest absolute Gasteiger partial charge is 0.462 e. The van der Waals surface area contributed by atoms with Crippen LogP contribution in [0.2, 0.25) is 0 Å². The van der Waals surface area contributed by atoms with E-state index in [0.29, 0.717) is 76.5 Å². The van der Waals surface area contributed by atoms with Gasteiger partial charge in [-0.3, -0.25) is 9.13 Å². The number of hydrogen-bond acceptors (Lipinski definition) is 12. The average Bonchev–Trinajstić information content (AvgIpc) is 3.86. The number of carbonyl (C=O) groups is 1. The van der Waals surface area contributed by atoms with E-state index in [1.54, 1.807) is 71.6 Å². The van der Waals surface area contributed by atoms with Gasteiger partial charge in [-0.2, -0.15) is 4.31 Å². The van der Waals surface area contributed by atoms with E-state index in [-0.39, 0.29) is 16.8 Å². The molecule has 7 heterocycles. The van der Waals surface area contributed by atoms with Crippen molar-refractivity contribution in [1.82, 2.24) is 43.3 Å². The topological polar surface area (TPSA) is 203 Å². The number of benzene rings is 2. The zero-order valence-electron chi connectivity index (χ0n) is 33.1. The average molecular weight is 822 g/mol. The van der Waals surface area contributed by atoms with Crippen LogP contribution in [0, 0.1) is 5.92 Å². The number of esters is 1.